The molecule has 0 amide bonds. The van der Waals surface area contributed by atoms with Gasteiger partial charge in [-0.1, -0.05) is 27.2 Å². The summed E-state index contributed by atoms with van der Waals surface area (Å²) < 4.78 is 0. The van der Waals surface area contributed by atoms with Gasteiger partial charge in [0.05, 0.1) is 0 Å². The first kappa shape index (κ1) is 11.0. The van der Waals surface area contributed by atoms with E-state index in [9.17, 15) is 4.79 Å². The summed E-state index contributed by atoms with van der Waals surface area (Å²) in [4.78, 5) is 11.2. The fourth-order valence-electron chi connectivity index (χ4n) is 2.02. The average molecular weight is 203 g/mol. The van der Waals surface area contributed by atoms with Gasteiger partial charge in [-0.3, -0.25) is 4.79 Å². The number of rotatable bonds is 1. The highest BCUT2D eigenvalue weighted by molar-refractivity contribution is 6.64. The maximum Gasteiger partial charge on any atom is 0.227 e. The van der Waals surface area contributed by atoms with Crippen LogP contribution in [0.2, 0.25) is 0 Å². The Balaban J connectivity index is 2.69. The smallest absolute Gasteiger partial charge is 0.227 e. The fourth-order valence-corrected chi connectivity index (χ4v) is 2.21. The van der Waals surface area contributed by atoms with Crippen LogP contribution in [0.25, 0.3) is 0 Å². The van der Waals surface area contributed by atoms with E-state index in [0.29, 0.717) is 5.41 Å². The minimum absolute atomic E-state index is 0.148. The second kappa shape index (κ2) is 3.61. The van der Waals surface area contributed by atoms with Crippen molar-refractivity contribution in [3.05, 3.63) is 0 Å². The van der Waals surface area contributed by atoms with Crippen LogP contribution < -0.4 is 0 Å². The van der Waals surface area contributed by atoms with Crippen LogP contribution in [0.4, 0.5) is 0 Å². The summed E-state index contributed by atoms with van der Waals surface area (Å²) >= 11 is 5.62. The summed E-state index contributed by atoms with van der Waals surface area (Å²) in [5.74, 6) is 0. The first-order chi connectivity index (χ1) is 5.86. The largest absolute Gasteiger partial charge is 0.281 e. The fraction of sp³-hybridized carbons (Fsp3) is 0.909. The third kappa shape index (κ3) is 2.70. The lowest BCUT2D eigenvalue weighted by Gasteiger charge is -2.25. The molecule has 0 N–H and O–H groups in total. The molecule has 1 atom stereocenters. The van der Waals surface area contributed by atoms with Crippen LogP contribution in [0.5, 0.6) is 0 Å². The Bertz CT molecular complexity index is 210. The van der Waals surface area contributed by atoms with Gasteiger partial charge in [0.2, 0.25) is 5.24 Å². The third-order valence-corrected chi connectivity index (χ3v) is 3.87. The van der Waals surface area contributed by atoms with Gasteiger partial charge in [-0.15, -0.1) is 0 Å². The molecule has 1 rings (SSSR count). The lowest BCUT2D eigenvalue weighted by Crippen LogP contribution is -2.23. The van der Waals surface area contributed by atoms with Crippen molar-refractivity contribution in [2.75, 3.05) is 0 Å². The van der Waals surface area contributed by atoms with E-state index in [2.05, 4.69) is 13.8 Å². The monoisotopic (exact) mass is 202 g/mol. The van der Waals surface area contributed by atoms with Crippen LogP contribution in [-0.2, 0) is 4.79 Å². The van der Waals surface area contributed by atoms with E-state index in [-0.39, 0.29) is 10.7 Å². The van der Waals surface area contributed by atoms with Gasteiger partial charge in [0.15, 0.2) is 0 Å². The molecule has 0 aliphatic heterocycles. The van der Waals surface area contributed by atoms with Gasteiger partial charge in [0.25, 0.3) is 0 Å². The summed E-state index contributed by atoms with van der Waals surface area (Å²) in [6.07, 6.45) is 5.36. The zero-order valence-electron chi connectivity index (χ0n) is 8.82. The molecule has 0 bridgehead atoms. The Morgan fingerprint density at radius 3 is 2.23 bits per heavy atom. The quantitative estimate of drug-likeness (QED) is 0.468. The van der Waals surface area contributed by atoms with Crippen LogP contribution in [0.1, 0.15) is 52.9 Å². The highest BCUT2D eigenvalue weighted by atomic mass is 35.5. The first-order valence-electron chi connectivity index (χ1n) is 5.06. The molecule has 1 nitrogen and oxygen atoms in total. The molecule has 1 saturated carbocycles. The summed E-state index contributed by atoms with van der Waals surface area (Å²) in [6.45, 7) is 6.55. The van der Waals surface area contributed by atoms with Crippen molar-refractivity contribution in [2.45, 2.75) is 52.9 Å². The zero-order chi connectivity index (χ0) is 10.1. The Hall–Kier alpha value is -0.0400. The van der Waals surface area contributed by atoms with E-state index >= 15 is 0 Å². The first-order valence-corrected chi connectivity index (χ1v) is 5.44. The van der Waals surface area contributed by atoms with Gasteiger partial charge in [-0.05, 0) is 42.7 Å². The van der Waals surface area contributed by atoms with Crippen molar-refractivity contribution in [1.29, 1.82) is 0 Å². The Kier molecular flexibility index (Phi) is 3.06. The predicted octanol–water partition coefficient (Wildman–Crippen LogP) is 3.75. The second-order valence-electron chi connectivity index (χ2n) is 5.35. The molecule has 1 fully saturated rings. The zero-order valence-corrected chi connectivity index (χ0v) is 9.58. The topological polar surface area (TPSA) is 17.1 Å². The molecule has 2 heteroatoms. The van der Waals surface area contributed by atoms with Crippen molar-refractivity contribution in [3.63, 3.8) is 0 Å². The maximum atomic E-state index is 11.2. The number of hydrogen-bond donors (Lipinski definition) is 0. The molecule has 0 radical (unpaired) electrons. The standard InChI is InChI=1S/C11H19ClO/c1-10(2)5-4-6-11(3,8-7-10)9(12)13/h4-8H2,1-3H3. The second-order valence-corrected chi connectivity index (χ2v) is 5.70. The number of halogens is 1. The molecule has 0 heterocycles. The van der Waals surface area contributed by atoms with Crippen molar-refractivity contribution in [3.8, 4) is 0 Å². The van der Waals surface area contributed by atoms with E-state index in [1.54, 1.807) is 0 Å². The van der Waals surface area contributed by atoms with Crippen LogP contribution in [-0.4, -0.2) is 5.24 Å². The van der Waals surface area contributed by atoms with Gasteiger partial charge in [0, 0.05) is 5.41 Å². The SMILES string of the molecule is CC1(C)CCCC(C)(C(=O)Cl)CC1. The minimum Gasteiger partial charge on any atom is -0.281 e. The van der Waals surface area contributed by atoms with Gasteiger partial charge in [-0.25, -0.2) is 0 Å². The van der Waals surface area contributed by atoms with E-state index in [4.69, 9.17) is 11.6 Å². The molecular formula is C11H19ClO. The van der Waals surface area contributed by atoms with Crippen molar-refractivity contribution >= 4 is 16.8 Å². The summed E-state index contributed by atoms with van der Waals surface area (Å²) in [5.41, 5.74) is 0.138. The molecule has 76 valence electrons. The Labute approximate surface area is 85.8 Å². The molecule has 1 aliphatic carbocycles. The molecular weight excluding hydrogens is 184 g/mol. The van der Waals surface area contributed by atoms with Crippen LogP contribution >= 0.6 is 11.6 Å². The molecule has 0 aromatic carbocycles. The summed E-state index contributed by atoms with van der Waals surface area (Å²) in [6, 6.07) is 0. The van der Waals surface area contributed by atoms with E-state index < -0.39 is 0 Å². The Morgan fingerprint density at radius 2 is 1.69 bits per heavy atom. The van der Waals surface area contributed by atoms with E-state index in [1.165, 1.54) is 6.42 Å². The highest BCUT2D eigenvalue weighted by Gasteiger charge is 2.36. The lowest BCUT2D eigenvalue weighted by molar-refractivity contribution is -0.120. The van der Waals surface area contributed by atoms with E-state index in [1.807, 2.05) is 6.92 Å². The Morgan fingerprint density at radius 1 is 1.08 bits per heavy atom. The van der Waals surface area contributed by atoms with Gasteiger partial charge >= 0.3 is 0 Å². The van der Waals surface area contributed by atoms with Crippen LogP contribution in [0.15, 0.2) is 0 Å². The van der Waals surface area contributed by atoms with Gasteiger partial charge < -0.3 is 0 Å². The molecule has 0 spiro atoms. The van der Waals surface area contributed by atoms with Crippen LogP contribution in [0, 0.1) is 10.8 Å². The highest BCUT2D eigenvalue weighted by Crippen LogP contribution is 2.43. The minimum atomic E-state index is -0.255. The predicted molar refractivity (Wildman–Crippen MR) is 55.8 cm³/mol. The average Bonchev–Trinajstić information content (AvgIpc) is 2.12. The third-order valence-electron chi connectivity index (χ3n) is 3.41. The maximum absolute atomic E-state index is 11.2. The summed E-state index contributed by atoms with van der Waals surface area (Å²) in [5, 5.41) is -0.148. The molecule has 0 aromatic heterocycles. The number of carbonyl (C=O) groups excluding carboxylic acids is 1. The molecule has 1 aliphatic rings. The van der Waals surface area contributed by atoms with Crippen molar-refractivity contribution in [2.24, 2.45) is 10.8 Å². The molecule has 0 saturated heterocycles. The normalized spacial score (nSPS) is 33.8. The number of hydrogen-bond acceptors (Lipinski definition) is 1. The molecule has 13 heavy (non-hydrogen) atoms. The van der Waals surface area contributed by atoms with E-state index in [0.717, 1.165) is 25.7 Å². The van der Waals surface area contributed by atoms with Gasteiger partial charge in [0.1, 0.15) is 0 Å². The van der Waals surface area contributed by atoms with Gasteiger partial charge in [-0.2, -0.15) is 0 Å². The number of carbonyl (C=O) groups is 1. The molecule has 1 unspecified atom stereocenters. The lowest BCUT2D eigenvalue weighted by atomic mass is 9.81. The van der Waals surface area contributed by atoms with Crippen molar-refractivity contribution < 1.29 is 4.79 Å². The van der Waals surface area contributed by atoms with Crippen LogP contribution in [0.3, 0.4) is 0 Å². The van der Waals surface area contributed by atoms with Crippen molar-refractivity contribution in [1.82, 2.24) is 0 Å². The summed E-state index contributed by atoms with van der Waals surface area (Å²) in [7, 11) is 0. The molecule has 0 aromatic rings.